The van der Waals surface area contributed by atoms with E-state index in [9.17, 15) is 0 Å². The highest BCUT2D eigenvalue weighted by atomic mass is 14.0. The Morgan fingerprint density at radius 3 is 2.44 bits per heavy atom. The topological polar surface area (TPSA) is 0 Å². The molecule has 0 saturated heterocycles. The molecule has 0 radical (unpaired) electrons. The minimum Gasteiger partial charge on any atom is -0.0991 e. The van der Waals surface area contributed by atoms with Gasteiger partial charge in [-0.15, -0.1) is 0 Å². The van der Waals surface area contributed by atoms with Crippen molar-refractivity contribution in [2.75, 3.05) is 0 Å². The Morgan fingerprint density at radius 2 is 1.94 bits per heavy atom. The summed E-state index contributed by atoms with van der Waals surface area (Å²) < 4.78 is 0. The molecule has 0 aliphatic heterocycles. The smallest absolute Gasteiger partial charge is 0.00259 e. The maximum absolute atomic E-state index is 3.78. The molecule has 0 fully saturated rings. The van der Waals surface area contributed by atoms with Crippen LogP contribution < -0.4 is 0 Å². The first-order chi connectivity index (χ1) is 7.76. The van der Waals surface area contributed by atoms with E-state index in [1.807, 2.05) is 26.0 Å². The molecule has 1 rings (SSSR count). The van der Waals surface area contributed by atoms with E-state index in [1.165, 1.54) is 16.7 Å². The summed E-state index contributed by atoms with van der Waals surface area (Å²) in [5.41, 5.74) is 3.81. The fourth-order valence-corrected chi connectivity index (χ4v) is 1.41. The minimum atomic E-state index is 0.928. The SMILES string of the molecule is C=C/C=C(\C=C)Cc1cccc(C)c1.CC. The molecule has 0 atom stereocenters. The average molecular weight is 214 g/mol. The summed E-state index contributed by atoms with van der Waals surface area (Å²) >= 11 is 0. The number of hydrogen-bond acceptors (Lipinski definition) is 0. The van der Waals surface area contributed by atoms with Gasteiger partial charge < -0.3 is 0 Å². The second-order valence-electron chi connectivity index (χ2n) is 3.35. The number of allylic oxidation sites excluding steroid dienone is 4. The van der Waals surface area contributed by atoms with Crippen molar-refractivity contribution in [2.45, 2.75) is 27.2 Å². The zero-order valence-electron chi connectivity index (χ0n) is 10.7. The Kier molecular flexibility index (Phi) is 7.87. The van der Waals surface area contributed by atoms with Crippen LogP contribution in [0, 0.1) is 6.92 Å². The van der Waals surface area contributed by atoms with Crippen molar-refractivity contribution < 1.29 is 0 Å². The maximum atomic E-state index is 3.78. The van der Waals surface area contributed by atoms with Crippen LogP contribution in [0.25, 0.3) is 0 Å². The molecular weight excluding hydrogens is 192 g/mol. The Hall–Kier alpha value is -1.56. The van der Waals surface area contributed by atoms with Crippen molar-refractivity contribution in [1.29, 1.82) is 0 Å². The summed E-state index contributed by atoms with van der Waals surface area (Å²) in [4.78, 5) is 0. The summed E-state index contributed by atoms with van der Waals surface area (Å²) in [5, 5.41) is 0. The standard InChI is InChI=1S/C14H16.C2H6/c1-4-7-13(5-2)11-14-9-6-8-12(3)10-14;1-2/h4-10H,1-2,11H2,3H3;1-2H3/b13-7+;. The van der Waals surface area contributed by atoms with Gasteiger partial charge in [0.1, 0.15) is 0 Å². The van der Waals surface area contributed by atoms with Crippen molar-refractivity contribution in [1.82, 2.24) is 0 Å². The first-order valence-corrected chi connectivity index (χ1v) is 5.76. The van der Waals surface area contributed by atoms with Gasteiger partial charge in [0.25, 0.3) is 0 Å². The highest BCUT2D eigenvalue weighted by Crippen LogP contribution is 2.10. The van der Waals surface area contributed by atoms with Gasteiger partial charge in [-0.05, 0) is 24.5 Å². The van der Waals surface area contributed by atoms with E-state index in [1.54, 1.807) is 6.08 Å². The summed E-state index contributed by atoms with van der Waals surface area (Å²) in [6, 6.07) is 8.52. The Labute approximate surface area is 100 Å². The molecule has 0 N–H and O–H groups in total. The third-order valence-corrected chi connectivity index (χ3v) is 2.08. The van der Waals surface area contributed by atoms with Crippen LogP contribution in [-0.4, -0.2) is 0 Å². The van der Waals surface area contributed by atoms with Gasteiger partial charge in [0.05, 0.1) is 0 Å². The van der Waals surface area contributed by atoms with Crippen molar-refractivity contribution in [3.63, 3.8) is 0 Å². The molecule has 0 aliphatic carbocycles. The van der Waals surface area contributed by atoms with Gasteiger partial charge in [0, 0.05) is 0 Å². The fourth-order valence-electron chi connectivity index (χ4n) is 1.41. The molecule has 0 heterocycles. The molecule has 16 heavy (non-hydrogen) atoms. The third kappa shape index (κ3) is 5.35. The average Bonchev–Trinajstić information content (AvgIpc) is 2.31. The normalized spacial score (nSPS) is 10.1. The molecule has 0 aliphatic rings. The molecule has 0 aromatic heterocycles. The van der Waals surface area contributed by atoms with Crippen LogP contribution in [0.4, 0.5) is 0 Å². The van der Waals surface area contributed by atoms with Gasteiger partial charge in [-0.3, -0.25) is 0 Å². The highest BCUT2D eigenvalue weighted by Gasteiger charge is 1.95. The highest BCUT2D eigenvalue weighted by molar-refractivity contribution is 5.31. The lowest BCUT2D eigenvalue weighted by molar-refractivity contribution is 1.19. The lowest BCUT2D eigenvalue weighted by atomic mass is 10.0. The summed E-state index contributed by atoms with van der Waals surface area (Å²) in [6.45, 7) is 13.6. The van der Waals surface area contributed by atoms with E-state index in [4.69, 9.17) is 0 Å². The van der Waals surface area contributed by atoms with Gasteiger partial charge in [0.2, 0.25) is 0 Å². The lowest BCUT2D eigenvalue weighted by Gasteiger charge is -2.02. The van der Waals surface area contributed by atoms with Gasteiger partial charge >= 0.3 is 0 Å². The Morgan fingerprint density at radius 1 is 1.25 bits per heavy atom. The van der Waals surface area contributed by atoms with Crippen molar-refractivity contribution in [2.24, 2.45) is 0 Å². The van der Waals surface area contributed by atoms with Crippen LogP contribution in [0.2, 0.25) is 0 Å². The van der Waals surface area contributed by atoms with E-state index in [0.717, 1.165) is 6.42 Å². The first-order valence-electron chi connectivity index (χ1n) is 5.76. The van der Waals surface area contributed by atoms with Crippen LogP contribution in [0.3, 0.4) is 0 Å². The van der Waals surface area contributed by atoms with Crippen molar-refractivity contribution >= 4 is 0 Å². The van der Waals surface area contributed by atoms with Crippen molar-refractivity contribution in [3.8, 4) is 0 Å². The van der Waals surface area contributed by atoms with Crippen LogP contribution in [0.15, 0.2) is 61.2 Å². The van der Waals surface area contributed by atoms with Gasteiger partial charge in [0.15, 0.2) is 0 Å². The van der Waals surface area contributed by atoms with Gasteiger partial charge in [-0.25, -0.2) is 0 Å². The summed E-state index contributed by atoms with van der Waals surface area (Å²) in [5.74, 6) is 0. The molecule has 0 saturated carbocycles. The lowest BCUT2D eigenvalue weighted by Crippen LogP contribution is -1.87. The summed E-state index contributed by atoms with van der Waals surface area (Å²) in [7, 11) is 0. The monoisotopic (exact) mass is 214 g/mol. The maximum Gasteiger partial charge on any atom is -0.00259 e. The molecule has 86 valence electrons. The zero-order valence-corrected chi connectivity index (χ0v) is 10.7. The molecule has 0 nitrogen and oxygen atoms in total. The second kappa shape index (κ2) is 8.72. The van der Waals surface area contributed by atoms with Gasteiger partial charge in [-0.2, -0.15) is 0 Å². The first kappa shape index (κ1) is 14.4. The molecular formula is C16H22. The molecule has 0 spiro atoms. The van der Waals surface area contributed by atoms with Crippen LogP contribution in [0.5, 0.6) is 0 Å². The third-order valence-electron chi connectivity index (χ3n) is 2.08. The quantitative estimate of drug-likeness (QED) is 0.628. The molecule has 0 heteroatoms. The molecule has 0 amide bonds. The number of hydrogen-bond donors (Lipinski definition) is 0. The van der Waals surface area contributed by atoms with E-state index < -0.39 is 0 Å². The predicted octanol–water partition coefficient (Wildman–Crippen LogP) is 4.86. The van der Waals surface area contributed by atoms with Gasteiger partial charge in [-0.1, -0.05) is 75.1 Å². The molecule has 1 aromatic rings. The summed E-state index contributed by atoms with van der Waals surface area (Å²) in [6.07, 6.45) is 6.60. The van der Waals surface area contributed by atoms with E-state index in [0.29, 0.717) is 0 Å². The predicted molar refractivity (Wildman–Crippen MR) is 74.7 cm³/mol. The molecule has 0 unspecified atom stereocenters. The zero-order chi connectivity index (χ0) is 12.4. The molecule has 0 bridgehead atoms. The van der Waals surface area contributed by atoms with Crippen LogP contribution >= 0.6 is 0 Å². The van der Waals surface area contributed by atoms with E-state index in [-0.39, 0.29) is 0 Å². The Balaban J connectivity index is 0.00000106. The van der Waals surface area contributed by atoms with Crippen molar-refractivity contribution in [3.05, 3.63) is 72.4 Å². The number of rotatable bonds is 4. The van der Waals surface area contributed by atoms with E-state index in [2.05, 4.69) is 44.3 Å². The Bertz CT molecular complexity index is 356. The second-order valence-corrected chi connectivity index (χ2v) is 3.35. The van der Waals surface area contributed by atoms with E-state index >= 15 is 0 Å². The fraction of sp³-hybridized carbons (Fsp3) is 0.250. The number of benzene rings is 1. The van der Waals surface area contributed by atoms with Crippen LogP contribution in [0.1, 0.15) is 25.0 Å². The number of aryl methyl sites for hydroxylation is 1. The largest absolute Gasteiger partial charge is 0.0991 e. The molecule has 1 aromatic carbocycles. The van der Waals surface area contributed by atoms with Crippen LogP contribution in [-0.2, 0) is 6.42 Å². The minimum absolute atomic E-state index is 0.928.